The highest BCUT2D eigenvalue weighted by Gasteiger charge is 2.12. The fourth-order valence-corrected chi connectivity index (χ4v) is 2.50. The molecular weight excluding hydrogens is 304 g/mol. The lowest BCUT2D eigenvalue weighted by Crippen LogP contribution is -2.14. The van der Waals surface area contributed by atoms with Crippen LogP contribution in [0.25, 0.3) is 11.1 Å². The Morgan fingerprint density at radius 1 is 1.12 bits per heavy atom. The molecule has 0 aliphatic carbocycles. The summed E-state index contributed by atoms with van der Waals surface area (Å²) in [6.45, 7) is 5.75. The number of carbonyl (C=O) groups excluding carboxylic acids is 1. The number of anilines is 1. The van der Waals surface area contributed by atoms with E-state index >= 15 is 0 Å². The largest absolute Gasteiger partial charge is 0.491 e. The number of nitrogens with one attached hydrogen (secondary N) is 1. The van der Waals surface area contributed by atoms with Gasteiger partial charge in [0.25, 0.3) is 0 Å². The number of methoxy groups -OCH3 is 1. The van der Waals surface area contributed by atoms with E-state index in [1.807, 2.05) is 50.2 Å². The van der Waals surface area contributed by atoms with Crippen LogP contribution in [-0.4, -0.2) is 32.8 Å². The third kappa shape index (κ3) is 4.26. The lowest BCUT2D eigenvalue weighted by molar-refractivity contribution is 0.1000. The molecule has 0 unspecified atom stereocenters. The van der Waals surface area contributed by atoms with Crippen molar-refractivity contribution in [3.8, 4) is 16.9 Å². The molecule has 0 radical (unpaired) electrons. The van der Waals surface area contributed by atoms with Gasteiger partial charge < -0.3 is 20.5 Å². The van der Waals surface area contributed by atoms with Gasteiger partial charge in [-0.25, -0.2) is 0 Å². The van der Waals surface area contributed by atoms with Crippen molar-refractivity contribution in [1.29, 1.82) is 0 Å². The highest BCUT2D eigenvalue weighted by atomic mass is 16.5. The average Bonchev–Trinajstić information content (AvgIpc) is 2.57. The maximum atomic E-state index is 11.7. The minimum atomic E-state index is -0.423. The van der Waals surface area contributed by atoms with E-state index < -0.39 is 5.91 Å². The molecule has 128 valence electrons. The summed E-state index contributed by atoms with van der Waals surface area (Å²) in [6, 6.07) is 11.6. The molecule has 2 aromatic carbocycles. The van der Waals surface area contributed by atoms with Crippen LogP contribution in [0, 0.1) is 6.92 Å². The minimum absolute atomic E-state index is 0.423. The van der Waals surface area contributed by atoms with Gasteiger partial charge in [0.2, 0.25) is 5.91 Å². The van der Waals surface area contributed by atoms with Crippen LogP contribution in [0.3, 0.4) is 0 Å². The predicted octanol–water partition coefficient (Wildman–Crippen LogP) is 3.22. The SMILES string of the molecule is CCNc1cc(-c2ccc(OCCOC)cc2)cc(C(N)=O)c1C. The number of amides is 1. The lowest BCUT2D eigenvalue weighted by atomic mass is 9.97. The van der Waals surface area contributed by atoms with Gasteiger partial charge >= 0.3 is 0 Å². The van der Waals surface area contributed by atoms with Gasteiger partial charge in [0.05, 0.1) is 6.61 Å². The van der Waals surface area contributed by atoms with Gasteiger partial charge in [0, 0.05) is 24.9 Å². The van der Waals surface area contributed by atoms with Gasteiger partial charge in [-0.05, 0) is 54.8 Å². The normalized spacial score (nSPS) is 10.5. The van der Waals surface area contributed by atoms with Crippen LogP contribution in [0.1, 0.15) is 22.8 Å². The van der Waals surface area contributed by atoms with Crippen LogP contribution < -0.4 is 15.8 Å². The first kappa shape index (κ1) is 17.8. The fourth-order valence-electron chi connectivity index (χ4n) is 2.50. The van der Waals surface area contributed by atoms with Crippen LogP contribution in [0.15, 0.2) is 36.4 Å². The Bertz CT molecular complexity index is 697. The molecule has 5 heteroatoms. The summed E-state index contributed by atoms with van der Waals surface area (Å²) in [7, 11) is 1.64. The standard InChI is InChI=1S/C19H24N2O3/c1-4-21-18-12-15(11-17(13(18)2)19(20)22)14-5-7-16(8-6-14)24-10-9-23-3/h5-8,11-12,21H,4,9-10H2,1-3H3,(H2,20,22). The van der Waals surface area contributed by atoms with Crippen LogP contribution in [0.4, 0.5) is 5.69 Å². The molecule has 5 nitrogen and oxygen atoms in total. The monoisotopic (exact) mass is 328 g/mol. The van der Waals surface area contributed by atoms with Crippen LogP contribution in [0.5, 0.6) is 5.75 Å². The van der Waals surface area contributed by atoms with Crippen molar-refractivity contribution in [1.82, 2.24) is 0 Å². The Hall–Kier alpha value is -2.53. The smallest absolute Gasteiger partial charge is 0.249 e. The first-order valence-electron chi connectivity index (χ1n) is 7.97. The van der Waals surface area contributed by atoms with E-state index in [0.29, 0.717) is 18.8 Å². The summed E-state index contributed by atoms with van der Waals surface area (Å²) in [6.07, 6.45) is 0. The Labute approximate surface area is 142 Å². The molecule has 1 amide bonds. The molecule has 24 heavy (non-hydrogen) atoms. The molecule has 2 rings (SSSR count). The summed E-state index contributed by atoms with van der Waals surface area (Å²) < 4.78 is 10.5. The molecule has 0 fully saturated rings. The number of rotatable bonds is 8. The first-order valence-corrected chi connectivity index (χ1v) is 7.97. The third-order valence-corrected chi connectivity index (χ3v) is 3.78. The van der Waals surface area contributed by atoms with E-state index in [9.17, 15) is 4.79 Å². The molecule has 0 bridgehead atoms. The van der Waals surface area contributed by atoms with Crippen molar-refractivity contribution >= 4 is 11.6 Å². The quantitative estimate of drug-likeness (QED) is 0.730. The third-order valence-electron chi connectivity index (χ3n) is 3.78. The van der Waals surface area contributed by atoms with E-state index in [4.69, 9.17) is 15.2 Å². The van der Waals surface area contributed by atoms with Crippen LogP contribution in [0.2, 0.25) is 0 Å². The Balaban J connectivity index is 2.32. The molecule has 0 heterocycles. The molecule has 0 aromatic heterocycles. The highest BCUT2D eigenvalue weighted by Crippen LogP contribution is 2.29. The van der Waals surface area contributed by atoms with Crippen molar-refractivity contribution in [2.75, 3.05) is 32.2 Å². The molecule has 0 atom stereocenters. The highest BCUT2D eigenvalue weighted by molar-refractivity contribution is 5.97. The van der Waals surface area contributed by atoms with E-state index in [1.165, 1.54) is 0 Å². The number of ether oxygens (including phenoxy) is 2. The first-order chi connectivity index (χ1) is 11.6. The average molecular weight is 328 g/mol. The zero-order chi connectivity index (χ0) is 17.5. The molecule has 0 aliphatic heterocycles. The molecule has 0 spiro atoms. The second kappa shape index (κ2) is 8.36. The Kier molecular flexibility index (Phi) is 6.21. The van der Waals surface area contributed by atoms with E-state index in [-0.39, 0.29) is 0 Å². The predicted molar refractivity (Wildman–Crippen MR) is 96.7 cm³/mol. The molecule has 0 aliphatic rings. The van der Waals surface area contributed by atoms with Gasteiger partial charge in [-0.2, -0.15) is 0 Å². The number of primary amides is 1. The summed E-state index contributed by atoms with van der Waals surface area (Å²) in [4.78, 5) is 11.7. The molecular formula is C19H24N2O3. The fraction of sp³-hybridized carbons (Fsp3) is 0.316. The number of carbonyl (C=O) groups is 1. The van der Waals surface area contributed by atoms with Gasteiger partial charge in [-0.15, -0.1) is 0 Å². The topological polar surface area (TPSA) is 73.6 Å². The van der Waals surface area contributed by atoms with Crippen LogP contribution >= 0.6 is 0 Å². The molecule has 0 saturated carbocycles. The van der Waals surface area contributed by atoms with E-state index in [1.54, 1.807) is 7.11 Å². The number of hydrogen-bond acceptors (Lipinski definition) is 4. The number of nitrogens with two attached hydrogens (primary N) is 1. The van der Waals surface area contributed by atoms with Crippen molar-refractivity contribution in [2.45, 2.75) is 13.8 Å². The molecule has 0 saturated heterocycles. The zero-order valence-corrected chi connectivity index (χ0v) is 14.4. The Morgan fingerprint density at radius 2 is 1.83 bits per heavy atom. The maximum Gasteiger partial charge on any atom is 0.249 e. The summed E-state index contributed by atoms with van der Waals surface area (Å²) in [5, 5.41) is 3.28. The van der Waals surface area contributed by atoms with Crippen molar-refractivity contribution < 1.29 is 14.3 Å². The van der Waals surface area contributed by atoms with Gasteiger partial charge in [-0.3, -0.25) is 4.79 Å². The number of hydrogen-bond donors (Lipinski definition) is 2. The second-order valence-electron chi connectivity index (χ2n) is 5.46. The maximum absolute atomic E-state index is 11.7. The van der Waals surface area contributed by atoms with Gasteiger partial charge in [0.1, 0.15) is 12.4 Å². The van der Waals surface area contributed by atoms with Crippen LogP contribution in [-0.2, 0) is 4.74 Å². The summed E-state index contributed by atoms with van der Waals surface area (Å²) >= 11 is 0. The second-order valence-corrected chi connectivity index (χ2v) is 5.46. The van der Waals surface area contributed by atoms with E-state index in [2.05, 4.69) is 5.32 Å². The Morgan fingerprint density at radius 3 is 2.42 bits per heavy atom. The zero-order valence-electron chi connectivity index (χ0n) is 14.4. The summed E-state index contributed by atoms with van der Waals surface area (Å²) in [5.74, 6) is 0.359. The lowest BCUT2D eigenvalue weighted by Gasteiger charge is -2.14. The number of benzene rings is 2. The van der Waals surface area contributed by atoms with Gasteiger partial charge in [-0.1, -0.05) is 12.1 Å². The van der Waals surface area contributed by atoms with Crippen molar-refractivity contribution in [3.63, 3.8) is 0 Å². The molecule has 2 aromatic rings. The van der Waals surface area contributed by atoms with E-state index in [0.717, 1.165) is 34.7 Å². The van der Waals surface area contributed by atoms with Crippen molar-refractivity contribution in [3.05, 3.63) is 47.5 Å². The molecule has 3 N–H and O–H groups in total. The van der Waals surface area contributed by atoms with Crippen molar-refractivity contribution in [2.24, 2.45) is 5.73 Å². The minimum Gasteiger partial charge on any atom is -0.491 e. The van der Waals surface area contributed by atoms with Gasteiger partial charge in [0.15, 0.2) is 0 Å². The summed E-state index contributed by atoms with van der Waals surface area (Å²) in [5.41, 5.74) is 9.78.